The second kappa shape index (κ2) is 20.5. The lowest BCUT2D eigenvalue weighted by atomic mass is 10.1. The van der Waals surface area contributed by atoms with E-state index in [0.29, 0.717) is 0 Å². The van der Waals surface area contributed by atoms with Crippen LogP contribution in [0.5, 0.6) is 0 Å². The molecule has 0 saturated carbocycles. The maximum absolute atomic E-state index is 4.25. The van der Waals surface area contributed by atoms with Crippen LogP contribution in [0.15, 0.2) is 109 Å². The van der Waals surface area contributed by atoms with E-state index in [1.54, 1.807) is 0 Å². The normalized spacial score (nSPS) is 14.6. The van der Waals surface area contributed by atoms with Gasteiger partial charge in [-0.05, 0) is 133 Å². The van der Waals surface area contributed by atoms with Crippen molar-refractivity contribution in [1.82, 2.24) is 10.2 Å². The smallest absolute Gasteiger partial charge is 0.0508 e. The monoisotopic (exact) mass is 769 g/mol. The molecule has 0 aromatic heterocycles. The minimum absolute atomic E-state index is 1.07. The second-order valence-corrected chi connectivity index (χ2v) is 14.9. The lowest BCUT2D eigenvalue weighted by Crippen LogP contribution is -2.40. The molecular weight excluding hydrogens is 722 g/mol. The van der Waals surface area contributed by atoms with E-state index >= 15 is 0 Å². The molecule has 0 radical (unpaired) electrons. The van der Waals surface area contributed by atoms with Crippen LogP contribution < -0.4 is 10.2 Å². The molecule has 4 aromatic carbocycles. The summed E-state index contributed by atoms with van der Waals surface area (Å²) in [5, 5.41) is 3.27. The average molecular weight is 772 g/mol. The van der Waals surface area contributed by atoms with Gasteiger partial charge in [0.05, 0.1) is 5.69 Å². The molecule has 6 rings (SSSR count). The Morgan fingerprint density at radius 1 is 0.644 bits per heavy atom. The van der Waals surface area contributed by atoms with Crippen LogP contribution >= 0.6 is 56.3 Å². The summed E-state index contributed by atoms with van der Waals surface area (Å²) in [6.07, 6.45) is 4.02. The molecule has 2 aliphatic rings. The summed E-state index contributed by atoms with van der Waals surface area (Å²) >= 11 is 12.8. The maximum atomic E-state index is 4.25. The molecule has 0 aliphatic carbocycles. The highest BCUT2D eigenvalue weighted by Crippen LogP contribution is 2.37. The number of benzene rings is 4. The van der Waals surface area contributed by atoms with Gasteiger partial charge < -0.3 is 15.1 Å². The van der Waals surface area contributed by atoms with Gasteiger partial charge in [0.1, 0.15) is 0 Å². The zero-order valence-electron chi connectivity index (χ0n) is 27.5. The zero-order chi connectivity index (χ0) is 32.6. The Balaban J connectivity index is 0.000000189. The quantitative estimate of drug-likeness (QED) is 0.202. The Kier molecular flexibility index (Phi) is 17.2. The van der Waals surface area contributed by atoms with Gasteiger partial charge in [-0.15, -0.1) is 12.6 Å². The zero-order valence-corrected chi connectivity index (χ0v) is 32.3. The molecule has 1 N–H and O–H groups in total. The first-order chi connectivity index (χ1) is 21.6. The first kappa shape index (κ1) is 37.7. The van der Waals surface area contributed by atoms with E-state index in [9.17, 15) is 0 Å². The van der Waals surface area contributed by atoms with Gasteiger partial charge in [-0.1, -0.05) is 71.4 Å². The van der Waals surface area contributed by atoms with E-state index < -0.39 is 0 Å². The van der Waals surface area contributed by atoms with Crippen molar-refractivity contribution in [3.8, 4) is 0 Å². The summed E-state index contributed by atoms with van der Waals surface area (Å²) in [7, 11) is 2.15. The van der Waals surface area contributed by atoms with Crippen LogP contribution in [0.3, 0.4) is 0 Å². The van der Waals surface area contributed by atoms with Gasteiger partial charge in [-0.25, -0.2) is 0 Å². The Hall–Kier alpha value is -1.74. The molecule has 2 fully saturated rings. The van der Waals surface area contributed by atoms with Gasteiger partial charge in [-0.3, -0.25) is 0 Å². The highest BCUT2D eigenvalue weighted by atomic mass is 79.9. The molecule has 0 spiro atoms. The number of halogens is 2. The topological polar surface area (TPSA) is 18.5 Å². The maximum Gasteiger partial charge on any atom is 0.0508 e. The number of aryl methyl sites for hydroxylation is 4. The standard InChI is InChI=1S/C19H23NS.C8H10S.C6H4Br2.C5H12N2/c1-15-10-11-18(16(2)14-15)21-19-9-5-4-8-17(19)20-12-6-3-7-13-20;1-6-3-4-8(9)7(2)5-6;7-5-3-1-2-4-6(5)8;1-7-4-2-6-3-5-7/h4-5,8-11,14H,3,6-7,12-13H2,1-2H3;3-5,9H,1-2H3;1-4H;6H,2-5H2,1H3. The van der Waals surface area contributed by atoms with Crippen LogP contribution in [0.2, 0.25) is 0 Å². The number of nitrogens with zero attached hydrogens (tertiary/aromatic N) is 2. The molecule has 2 aliphatic heterocycles. The van der Waals surface area contributed by atoms with Crippen LogP contribution in [0.1, 0.15) is 41.5 Å². The van der Waals surface area contributed by atoms with E-state index in [1.807, 2.05) is 42.1 Å². The third kappa shape index (κ3) is 13.9. The molecule has 0 atom stereocenters. The fraction of sp³-hybridized carbons (Fsp3) is 0.368. The minimum Gasteiger partial charge on any atom is -0.371 e. The van der Waals surface area contributed by atoms with Gasteiger partial charge >= 0.3 is 0 Å². The van der Waals surface area contributed by atoms with Crippen molar-refractivity contribution in [3.05, 3.63) is 116 Å². The fourth-order valence-corrected chi connectivity index (χ4v) is 6.74. The molecule has 0 amide bonds. The van der Waals surface area contributed by atoms with Gasteiger partial charge in [0.25, 0.3) is 0 Å². The van der Waals surface area contributed by atoms with Crippen molar-refractivity contribution < 1.29 is 0 Å². The molecule has 0 bridgehead atoms. The van der Waals surface area contributed by atoms with Crippen molar-refractivity contribution in [1.29, 1.82) is 0 Å². The van der Waals surface area contributed by atoms with Gasteiger partial charge in [0, 0.05) is 62.9 Å². The number of anilines is 1. The van der Waals surface area contributed by atoms with Crippen LogP contribution in [0.4, 0.5) is 5.69 Å². The number of para-hydroxylation sites is 1. The molecular formula is C38H49Br2N3S2. The van der Waals surface area contributed by atoms with Gasteiger partial charge in [0.2, 0.25) is 0 Å². The number of thiol groups is 1. The number of rotatable bonds is 3. The van der Waals surface area contributed by atoms with E-state index in [0.717, 1.165) is 26.9 Å². The van der Waals surface area contributed by atoms with Gasteiger partial charge in [0.15, 0.2) is 0 Å². The summed E-state index contributed by atoms with van der Waals surface area (Å²) in [6.45, 7) is 15.7. The number of piperidine rings is 1. The Labute approximate surface area is 299 Å². The van der Waals surface area contributed by atoms with Crippen molar-refractivity contribution in [2.24, 2.45) is 0 Å². The molecule has 242 valence electrons. The SMILES string of the molecule is Brc1ccccc1Br.CN1CCNCC1.Cc1ccc(S)c(C)c1.Cc1ccc(Sc2ccccc2N2CCCCC2)c(C)c1. The van der Waals surface area contributed by atoms with E-state index in [4.69, 9.17) is 0 Å². The lowest BCUT2D eigenvalue weighted by Gasteiger charge is -2.30. The molecule has 3 nitrogen and oxygen atoms in total. The second-order valence-electron chi connectivity index (χ2n) is 11.6. The predicted molar refractivity (Wildman–Crippen MR) is 208 cm³/mol. The lowest BCUT2D eigenvalue weighted by molar-refractivity contribution is 0.291. The number of hydrogen-bond acceptors (Lipinski definition) is 5. The number of likely N-dealkylation sites (N-methyl/N-ethyl adjacent to an activating group) is 1. The Bertz CT molecular complexity index is 1430. The number of hydrogen-bond donors (Lipinski definition) is 2. The largest absolute Gasteiger partial charge is 0.371 e. The van der Waals surface area contributed by atoms with Crippen molar-refractivity contribution >= 4 is 61.9 Å². The Morgan fingerprint density at radius 3 is 1.71 bits per heavy atom. The van der Waals surface area contributed by atoms with Crippen molar-refractivity contribution in [2.45, 2.75) is 61.6 Å². The molecule has 4 aromatic rings. The van der Waals surface area contributed by atoms with Crippen molar-refractivity contribution in [3.63, 3.8) is 0 Å². The van der Waals surface area contributed by atoms with E-state index in [2.05, 4.69) is 149 Å². The summed E-state index contributed by atoms with van der Waals surface area (Å²) < 4.78 is 2.19. The molecule has 0 unspecified atom stereocenters. The summed E-state index contributed by atoms with van der Waals surface area (Å²) in [4.78, 5) is 8.70. The molecule has 2 saturated heterocycles. The third-order valence-corrected chi connectivity index (χ3v) is 11.3. The van der Waals surface area contributed by atoms with E-state index in [-0.39, 0.29) is 0 Å². The third-order valence-electron chi connectivity index (χ3n) is 7.63. The number of nitrogens with one attached hydrogen (secondary N) is 1. The minimum atomic E-state index is 1.07. The van der Waals surface area contributed by atoms with Crippen LogP contribution in [-0.4, -0.2) is 51.2 Å². The summed E-state index contributed by atoms with van der Waals surface area (Å²) in [5.74, 6) is 0. The Morgan fingerprint density at radius 2 is 1.20 bits per heavy atom. The predicted octanol–water partition coefficient (Wildman–Crippen LogP) is 10.8. The fourth-order valence-electron chi connectivity index (χ4n) is 4.99. The first-order valence-electron chi connectivity index (χ1n) is 15.8. The molecule has 45 heavy (non-hydrogen) atoms. The first-order valence-corrected chi connectivity index (χ1v) is 18.6. The van der Waals surface area contributed by atoms with E-state index in [1.165, 1.54) is 83.2 Å². The molecule has 7 heteroatoms. The van der Waals surface area contributed by atoms with Crippen molar-refractivity contribution in [2.75, 3.05) is 51.2 Å². The number of piperazine rings is 1. The summed E-state index contributed by atoms with van der Waals surface area (Å²) in [5.41, 5.74) is 6.65. The van der Waals surface area contributed by atoms with Crippen LogP contribution in [0, 0.1) is 27.7 Å². The molecule has 2 heterocycles. The highest BCUT2D eigenvalue weighted by molar-refractivity contribution is 9.13. The van der Waals surface area contributed by atoms with Gasteiger partial charge in [-0.2, -0.15) is 0 Å². The average Bonchev–Trinajstić information content (AvgIpc) is 3.04. The summed E-state index contributed by atoms with van der Waals surface area (Å²) in [6, 6.07) is 29.7. The highest BCUT2D eigenvalue weighted by Gasteiger charge is 2.15. The van der Waals surface area contributed by atoms with Crippen LogP contribution in [0.25, 0.3) is 0 Å². The van der Waals surface area contributed by atoms with Crippen LogP contribution in [-0.2, 0) is 0 Å².